The van der Waals surface area contributed by atoms with E-state index in [4.69, 9.17) is 5.11 Å². The minimum absolute atomic E-state index is 0. The number of nitrogens with zero attached hydrogens (tertiary/aromatic N) is 1. The van der Waals surface area contributed by atoms with E-state index < -0.39 is 0 Å². The van der Waals surface area contributed by atoms with Gasteiger partial charge in [0.15, 0.2) is 0 Å². The maximum Gasteiger partial charge on any atom is 0.122 e. The number of fused-ring (bicyclic) bond motifs is 1. The average molecular weight is 328 g/mol. The summed E-state index contributed by atoms with van der Waals surface area (Å²) >= 11 is 0. The monoisotopic (exact) mass is 328 g/mol. The largest absolute Gasteiger partial charge is 0.507 e. The molecule has 0 aliphatic carbocycles. The van der Waals surface area contributed by atoms with Gasteiger partial charge in [0.2, 0.25) is 0 Å². The van der Waals surface area contributed by atoms with Gasteiger partial charge < -0.3 is 5.11 Å². The van der Waals surface area contributed by atoms with Gasteiger partial charge in [-0.05, 0) is 5.52 Å². The van der Waals surface area contributed by atoms with Crippen LogP contribution in [0.4, 0.5) is 0 Å². The molecular formula is C9H6NOW-. The van der Waals surface area contributed by atoms with Crippen LogP contribution >= 0.6 is 0 Å². The first-order valence-electron chi connectivity index (χ1n) is 3.31. The Kier molecular flexibility index (Phi) is 2.82. The van der Waals surface area contributed by atoms with E-state index in [9.17, 15) is 0 Å². The van der Waals surface area contributed by atoms with Crippen LogP contribution in [0.25, 0.3) is 10.9 Å². The molecule has 0 amide bonds. The van der Waals surface area contributed by atoms with Crippen LogP contribution in [-0.2, 0) is 21.1 Å². The van der Waals surface area contributed by atoms with Crippen molar-refractivity contribution in [1.82, 2.24) is 4.98 Å². The molecule has 0 unspecified atom stereocenters. The molecule has 1 aromatic carbocycles. The minimum Gasteiger partial charge on any atom is -0.507 e. The van der Waals surface area contributed by atoms with Crippen molar-refractivity contribution in [2.45, 2.75) is 0 Å². The van der Waals surface area contributed by atoms with Gasteiger partial charge in [-0.2, -0.15) is 18.2 Å². The Bertz CT molecular complexity index is 389. The van der Waals surface area contributed by atoms with Crippen LogP contribution in [-0.4, -0.2) is 10.1 Å². The first-order valence-corrected chi connectivity index (χ1v) is 3.31. The fraction of sp³-hybridized carbons (Fsp3) is 0. The van der Waals surface area contributed by atoms with Gasteiger partial charge in [0, 0.05) is 21.1 Å². The van der Waals surface area contributed by atoms with E-state index in [0.717, 1.165) is 10.9 Å². The molecule has 2 nitrogen and oxygen atoms in total. The zero-order valence-corrected chi connectivity index (χ0v) is 9.12. The maximum absolute atomic E-state index is 9.05. The van der Waals surface area contributed by atoms with Gasteiger partial charge in [0.1, 0.15) is 5.75 Å². The number of hydrogen-bond donors (Lipinski definition) is 1. The van der Waals surface area contributed by atoms with Crippen LogP contribution in [0.2, 0.25) is 0 Å². The molecule has 0 atom stereocenters. The van der Waals surface area contributed by atoms with E-state index in [1.807, 2.05) is 6.07 Å². The molecule has 1 aromatic heterocycles. The van der Waals surface area contributed by atoms with Crippen molar-refractivity contribution < 1.29 is 26.2 Å². The predicted octanol–water partition coefficient (Wildman–Crippen LogP) is 1.74. The fourth-order valence-corrected chi connectivity index (χ4v) is 1.00. The number of pyridine rings is 1. The summed E-state index contributed by atoms with van der Waals surface area (Å²) in [5, 5.41) is 9.96. The molecule has 2 aromatic rings. The predicted molar refractivity (Wildman–Crippen MR) is 42.2 cm³/mol. The van der Waals surface area contributed by atoms with Crippen LogP contribution in [0.3, 0.4) is 0 Å². The van der Waals surface area contributed by atoms with E-state index in [1.165, 1.54) is 6.20 Å². The smallest absolute Gasteiger partial charge is 0.122 e. The molecule has 0 saturated carbocycles. The third-order valence-electron chi connectivity index (χ3n) is 1.51. The number of rotatable bonds is 0. The van der Waals surface area contributed by atoms with Crippen molar-refractivity contribution in [3.63, 3.8) is 0 Å². The Morgan fingerprint density at radius 2 is 2.25 bits per heavy atom. The molecule has 12 heavy (non-hydrogen) atoms. The molecule has 3 heteroatoms. The van der Waals surface area contributed by atoms with Crippen LogP contribution in [0.5, 0.6) is 5.75 Å². The van der Waals surface area contributed by atoms with Crippen molar-refractivity contribution in [2.24, 2.45) is 0 Å². The molecule has 0 aliphatic rings. The van der Waals surface area contributed by atoms with E-state index in [-0.39, 0.29) is 26.8 Å². The Hall–Kier alpha value is -0.882. The second kappa shape index (κ2) is 3.68. The second-order valence-electron chi connectivity index (χ2n) is 2.31. The maximum atomic E-state index is 9.05. The summed E-state index contributed by atoms with van der Waals surface area (Å²) in [5.74, 6) is 0.192. The van der Waals surface area contributed by atoms with Gasteiger partial charge in [-0.25, -0.2) is 0 Å². The Balaban J connectivity index is 0.000000720. The summed E-state index contributed by atoms with van der Waals surface area (Å²) in [4.78, 5) is 4.01. The molecule has 0 aliphatic heterocycles. The summed E-state index contributed by atoms with van der Waals surface area (Å²) in [7, 11) is 0. The normalized spacial score (nSPS) is 9.33. The third kappa shape index (κ3) is 1.64. The van der Waals surface area contributed by atoms with Crippen molar-refractivity contribution >= 4 is 10.9 Å². The van der Waals surface area contributed by atoms with Gasteiger partial charge in [0.25, 0.3) is 0 Å². The Labute approximate surface area is 84.5 Å². The Morgan fingerprint density at radius 3 is 3.08 bits per heavy atom. The minimum atomic E-state index is 0. The summed E-state index contributed by atoms with van der Waals surface area (Å²) in [6.07, 6.45) is 1.43. The molecule has 1 N–H and O–H groups in total. The SMILES string of the molecule is Oc1cnc2cc[c-]cc2c1.[W]. The van der Waals surface area contributed by atoms with E-state index >= 15 is 0 Å². The zero-order valence-electron chi connectivity index (χ0n) is 6.19. The standard InChI is InChI=1S/C9H6NO.W/c11-8-5-7-3-1-2-4-9(7)10-6-8;/h2-6,11H;/q-1;. The molecule has 1 heterocycles. The van der Waals surface area contributed by atoms with Gasteiger partial charge in [-0.15, -0.1) is 11.5 Å². The Morgan fingerprint density at radius 1 is 1.42 bits per heavy atom. The number of aromatic hydroxyl groups is 1. The molecule has 0 saturated heterocycles. The topological polar surface area (TPSA) is 33.1 Å². The van der Waals surface area contributed by atoms with Crippen LogP contribution in [0, 0.1) is 6.07 Å². The first-order chi connectivity index (χ1) is 5.36. The van der Waals surface area contributed by atoms with E-state index in [1.54, 1.807) is 18.2 Å². The fourth-order valence-electron chi connectivity index (χ4n) is 1.00. The van der Waals surface area contributed by atoms with E-state index in [0.29, 0.717) is 0 Å². The summed E-state index contributed by atoms with van der Waals surface area (Å²) in [6.45, 7) is 0. The number of aromatic nitrogens is 1. The van der Waals surface area contributed by atoms with Gasteiger partial charge in [0.05, 0.1) is 6.20 Å². The van der Waals surface area contributed by atoms with Crippen molar-refractivity contribution in [3.8, 4) is 5.75 Å². The molecule has 0 spiro atoms. The van der Waals surface area contributed by atoms with Gasteiger partial charge >= 0.3 is 0 Å². The summed E-state index contributed by atoms with van der Waals surface area (Å²) < 4.78 is 0. The zero-order chi connectivity index (χ0) is 7.68. The van der Waals surface area contributed by atoms with Crippen molar-refractivity contribution in [1.29, 1.82) is 0 Å². The van der Waals surface area contributed by atoms with Crippen LogP contribution in [0.15, 0.2) is 30.5 Å². The molecule has 2 rings (SSSR count). The van der Waals surface area contributed by atoms with E-state index in [2.05, 4.69) is 11.1 Å². The molecule has 0 bridgehead atoms. The van der Waals surface area contributed by atoms with Crippen molar-refractivity contribution in [3.05, 3.63) is 36.5 Å². The van der Waals surface area contributed by atoms with Gasteiger partial charge in [-0.1, -0.05) is 6.07 Å². The van der Waals surface area contributed by atoms with Crippen LogP contribution in [0.1, 0.15) is 0 Å². The number of hydrogen-bond acceptors (Lipinski definition) is 2. The quantitative estimate of drug-likeness (QED) is 0.748. The summed E-state index contributed by atoms with van der Waals surface area (Å²) in [6, 6.07) is 10.0. The summed E-state index contributed by atoms with van der Waals surface area (Å²) in [5.41, 5.74) is 0.876. The second-order valence-corrected chi connectivity index (χ2v) is 2.31. The van der Waals surface area contributed by atoms with Gasteiger partial charge in [-0.3, -0.25) is 4.98 Å². The molecule has 0 fully saturated rings. The number of benzene rings is 1. The van der Waals surface area contributed by atoms with Crippen LogP contribution < -0.4 is 0 Å². The molecule has 60 valence electrons. The molecular weight excluding hydrogens is 322 g/mol. The third-order valence-corrected chi connectivity index (χ3v) is 1.51. The average Bonchev–Trinajstić information content (AvgIpc) is 2.04. The molecule has 0 radical (unpaired) electrons. The van der Waals surface area contributed by atoms with Crippen molar-refractivity contribution in [2.75, 3.05) is 0 Å². The first kappa shape index (κ1) is 9.21.